The van der Waals surface area contributed by atoms with Gasteiger partial charge in [-0.1, -0.05) is 0 Å². The molecule has 1 unspecified atom stereocenters. The molecule has 18 heavy (non-hydrogen) atoms. The number of aromatic nitrogens is 2. The van der Waals surface area contributed by atoms with Crippen LogP contribution in [0.15, 0.2) is 18.2 Å². The van der Waals surface area contributed by atoms with Crippen LogP contribution in [0.2, 0.25) is 0 Å². The van der Waals surface area contributed by atoms with E-state index in [-0.39, 0.29) is 11.8 Å². The van der Waals surface area contributed by atoms with Crippen molar-refractivity contribution in [2.45, 2.75) is 26.5 Å². The number of non-ortho nitro benzene ring substituents is 1. The monoisotopic (exact) mass is 249 g/mol. The minimum Gasteiger partial charge on any atom is -0.380 e. The van der Waals surface area contributed by atoms with Crippen molar-refractivity contribution in [3.8, 4) is 0 Å². The maximum atomic E-state index is 10.7. The largest absolute Gasteiger partial charge is 0.380 e. The van der Waals surface area contributed by atoms with Gasteiger partial charge in [0.2, 0.25) is 0 Å². The zero-order chi connectivity index (χ0) is 13.3. The van der Waals surface area contributed by atoms with Gasteiger partial charge in [-0.15, -0.1) is 0 Å². The summed E-state index contributed by atoms with van der Waals surface area (Å²) in [6.45, 7) is 4.42. The highest BCUT2D eigenvalue weighted by Gasteiger charge is 2.13. The molecule has 0 fully saturated rings. The van der Waals surface area contributed by atoms with E-state index in [1.54, 1.807) is 19.2 Å². The van der Waals surface area contributed by atoms with E-state index in [2.05, 4.69) is 5.10 Å². The summed E-state index contributed by atoms with van der Waals surface area (Å²) in [5, 5.41) is 15.9. The normalized spacial score (nSPS) is 12.8. The molecule has 0 aliphatic carbocycles. The predicted molar refractivity (Wildman–Crippen MR) is 67.6 cm³/mol. The van der Waals surface area contributed by atoms with Gasteiger partial charge in [0.15, 0.2) is 0 Å². The molecular weight excluding hydrogens is 234 g/mol. The van der Waals surface area contributed by atoms with Crippen LogP contribution < -0.4 is 0 Å². The summed E-state index contributed by atoms with van der Waals surface area (Å²) < 4.78 is 7.03. The Hall–Kier alpha value is -1.95. The number of methoxy groups -OCH3 is 1. The second-order valence-electron chi connectivity index (χ2n) is 4.27. The summed E-state index contributed by atoms with van der Waals surface area (Å²) in [6.07, 6.45) is 0.0442. The summed E-state index contributed by atoms with van der Waals surface area (Å²) in [5.74, 6) is 0. The average Bonchev–Trinajstić information content (AvgIpc) is 2.65. The van der Waals surface area contributed by atoms with Crippen molar-refractivity contribution in [1.29, 1.82) is 0 Å². The van der Waals surface area contributed by atoms with E-state index in [4.69, 9.17) is 4.74 Å². The number of nitrogens with zero attached hydrogens (tertiary/aromatic N) is 3. The smallest absolute Gasteiger partial charge is 0.270 e. The average molecular weight is 249 g/mol. The van der Waals surface area contributed by atoms with Gasteiger partial charge in [-0.3, -0.25) is 14.8 Å². The Kier molecular flexibility index (Phi) is 3.29. The van der Waals surface area contributed by atoms with Crippen LogP contribution in [0.25, 0.3) is 10.9 Å². The van der Waals surface area contributed by atoms with E-state index in [1.165, 1.54) is 6.07 Å². The SMILES string of the molecule is COC(C)Cn1nc(C)c2cc([N+](=O)[O-])ccc21. The first kappa shape index (κ1) is 12.5. The maximum absolute atomic E-state index is 10.7. The molecule has 0 radical (unpaired) electrons. The zero-order valence-corrected chi connectivity index (χ0v) is 10.6. The second-order valence-corrected chi connectivity index (χ2v) is 4.27. The van der Waals surface area contributed by atoms with E-state index >= 15 is 0 Å². The fourth-order valence-corrected chi connectivity index (χ4v) is 1.90. The van der Waals surface area contributed by atoms with Crippen LogP contribution in [0.5, 0.6) is 0 Å². The second kappa shape index (κ2) is 4.73. The summed E-state index contributed by atoms with van der Waals surface area (Å²) in [6, 6.07) is 4.79. The highest BCUT2D eigenvalue weighted by Crippen LogP contribution is 2.23. The van der Waals surface area contributed by atoms with Crippen molar-refractivity contribution in [3.05, 3.63) is 34.0 Å². The number of hydrogen-bond acceptors (Lipinski definition) is 4. The Balaban J connectivity index is 2.49. The molecule has 0 aliphatic heterocycles. The van der Waals surface area contributed by atoms with Crippen molar-refractivity contribution < 1.29 is 9.66 Å². The Bertz CT molecular complexity index is 592. The van der Waals surface area contributed by atoms with Gasteiger partial charge >= 0.3 is 0 Å². The van der Waals surface area contributed by atoms with Gasteiger partial charge in [0.1, 0.15) is 0 Å². The van der Waals surface area contributed by atoms with Crippen LogP contribution in [0.4, 0.5) is 5.69 Å². The first-order chi connectivity index (χ1) is 8.52. The topological polar surface area (TPSA) is 70.2 Å². The van der Waals surface area contributed by atoms with E-state index < -0.39 is 4.92 Å². The van der Waals surface area contributed by atoms with Crippen molar-refractivity contribution >= 4 is 16.6 Å². The molecule has 1 aromatic heterocycles. The van der Waals surface area contributed by atoms with Gasteiger partial charge in [-0.2, -0.15) is 5.10 Å². The molecule has 1 aromatic carbocycles. The van der Waals surface area contributed by atoms with Crippen molar-refractivity contribution in [1.82, 2.24) is 9.78 Å². The zero-order valence-electron chi connectivity index (χ0n) is 10.6. The molecule has 96 valence electrons. The van der Waals surface area contributed by atoms with Gasteiger partial charge in [0.05, 0.1) is 28.8 Å². The number of nitro groups is 1. The summed E-state index contributed by atoms with van der Waals surface area (Å²) in [7, 11) is 1.65. The molecule has 0 bridgehead atoms. The van der Waals surface area contributed by atoms with E-state index in [1.807, 2.05) is 18.5 Å². The Labute approximate surface area is 104 Å². The molecule has 1 atom stereocenters. The number of benzene rings is 1. The molecule has 0 N–H and O–H groups in total. The molecular formula is C12H15N3O3. The van der Waals surface area contributed by atoms with Gasteiger partial charge in [-0.25, -0.2) is 0 Å². The van der Waals surface area contributed by atoms with Crippen LogP contribution in [-0.2, 0) is 11.3 Å². The van der Waals surface area contributed by atoms with Crippen LogP contribution in [0.3, 0.4) is 0 Å². The molecule has 2 rings (SSSR count). The molecule has 0 saturated carbocycles. The Morgan fingerprint density at radius 1 is 1.56 bits per heavy atom. The molecule has 0 spiro atoms. The lowest BCUT2D eigenvalue weighted by molar-refractivity contribution is -0.384. The van der Waals surface area contributed by atoms with Crippen molar-refractivity contribution in [3.63, 3.8) is 0 Å². The number of aryl methyl sites for hydroxylation is 1. The molecule has 6 heteroatoms. The van der Waals surface area contributed by atoms with Gasteiger partial charge in [0.25, 0.3) is 5.69 Å². The quantitative estimate of drug-likeness (QED) is 0.615. The lowest BCUT2D eigenvalue weighted by Gasteiger charge is -2.09. The predicted octanol–water partition coefficient (Wildman–Crippen LogP) is 2.29. The highest BCUT2D eigenvalue weighted by molar-refractivity contribution is 5.84. The van der Waals surface area contributed by atoms with Crippen LogP contribution in [-0.4, -0.2) is 27.9 Å². The first-order valence-electron chi connectivity index (χ1n) is 5.67. The maximum Gasteiger partial charge on any atom is 0.270 e. The summed E-state index contributed by atoms with van der Waals surface area (Å²) in [5.41, 5.74) is 1.77. The summed E-state index contributed by atoms with van der Waals surface area (Å²) >= 11 is 0. The third-order valence-corrected chi connectivity index (χ3v) is 2.96. The minimum atomic E-state index is -0.395. The van der Waals surface area contributed by atoms with Crippen molar-refractivity contribution in [2.24, 2.45) is 0 Å². The minimum absolute atomic E-state index is 0.0442. The third kappa shape index (κ3) is 2.19. The molecule has 6 nitrogen and oxygen atoms in total. The van der Waals surface area contributed by atoms with E-state index in [0.717, 1.165) is 16.6 Å². The van der Waals surface area contributed by atoms with Gasteiger partial charge in [-0.05, 0) is 19.9 Å². The molecule has 0 saturated heterocycles. The van der Waals surface area contributed by atoms with Crippen LogP contribution in [0, 0.1) is 17.0 Å². The molecule has 0 aliphatic rings. The number of ether oxygens (including phenoxy) is 1. The Morgan fingerprint density at radius 2 is 2.28 bits per heavy atom. The van der Waals surface area contributed by atoms with Crippen molar-refractivity contribution in [2.75, 3.05) is 7.11 Å². The molecule has 0 amide bonds. The fourth-order valence-electron chi connectivity index (χ4n) is 1.90. The van der Waals surface area contributed by atoms with Gasteiger partial charge in [0, 0.05) is 24.6 Å². The van der Waals surface area contributed by atoms with Gasteiger partial charge < -0.3 is 4.74 Å². The number of fused-ring (bicyclic) bond motifs is 1. The lowest BCUT2D eigenvalue weighted by atomic mass is 10.2. The van der Waals surface area contributed by atoms with Crippen LogP contribution in [0.1, 0.15) is 12.6 Å². The standard InChI is InChI=1S/C12H15N3O3/c1-8(18-3)7-14-12-5-4-10(15(16)17)6-11(12)9(2)13-14/h4-6,8H,7H2,1-3H3. The fraction of sp³-hybridized carbons (Fsp3) is 0.417. The van der Waals surface area contributed by atoms with E-state index in [9.17, 15) is 10.1 Å². The third-order valence-electron chi connectivity index (χ3n) is 2.96. The molecule has 2 aromatic rings. The molecule has 1 heterocycles. The highest BCUT2D eigenvalue weighted by atomic mass is 16.6. The lowest BCUT2D eigenvalue weighted by Crippen LogP contribution is -2.15. The summed E-state index contributed by atoms with van der Waals surface area (Å²) in [4.78, 5) is 10.4. The van der Waals surface area contributed by atoms with E-state index in [0.29, 0.717) is 6.54 Å². The number of hydrogen-bond donors (Lipinski definition) is 0. The Morgan fingerprint density at radius 3 is 2.89 bits per heavy atom. The first-order valence-corrected chi connectivity index (χ1v) is 5.67. The number of rotatable bonds is 4. The van der Waals surface area contributed by atoms with Crippen LogP contribution >= 0.6 is 0 Å². The number of nitro benzene ring substituents is 1.